The van der Waals surface area contributed by atoms with Crippen LogP contribution >= 0.6 is 0 Å². The van der Waals surface area contributed by atoms with Crippen molar-refractivity contribution in [3.63, 3.8) is 0 Å². The van der Waals surface area contributed by atoms with Crippen molar-refractivity contribution in [2.75, 3.05) is 17.2 Å². The number of anilines is 3. The smallest absolute Gasteiger partial charge is 0.139 e. The van der Waals surface area contributed by atoms with Crippen LogP contribution in [0.2, 0.25) is 0 Å². The molecule has 4 nitrogen and oxygen atoms in total. The maximum atomic E-state index is 4.42. The van der Waals surface area contributed by atoms with E-state index in [1.54, 1.807) is 6.33 Å². The van der Waals surface area contributed by atoms with E-state index >= 15 is 0 Å². The van der Waals surface area contributed by atoms with Crippen LogP contribution in [0.4, 0.5) is 17.3 Å². The van der Waals surface area contributed by atoms with Crippen LogP contribution in [-0.4, -0.2) is 16.5 Å². The first-order valence-electron chi connectivity index (χ1n) is 7.57. The molecular formula is C17H24N4. The van der Waals surface area contributed by atoms with Crippen molar-refractivity contribution in [2.24, 2.45) is 0 Å². The molecule has 1 aromatic heterocycles. The van der Waals surface area contributed by atoms with Crippen molar-refractivity contribution in [3.05, 3.63) is 41.2 Å². The van der Waals surface area contributed by atoms with E-state index in [1.807, 2.05) is 0 Å². The SMILES string of the molecule is CCCNc1ncnc(Nc2cc(C)ccc2C)c1CC. The van der Waals surface area contributed by atoms with Gasteiger partial charge in [0, 0.05) is 17.8 Å². The number of aryl methyl sites for hydroxylation is 2. The van der Waals surface area contributed by atoms with Crippen LogP contribution in [0.5, 0.6) is 0 Å². The van der Waals surface area contributed by atoms with Gasteiger partial charge in [-0.1, -0.05) is 26.0 Å². The molecule has 0 aliphatic carbocycles. The Balaban J connectivity index is 2.33. The average molecular weight is 284 g/mol. The molecule has 0 saturated heterocycles. The second-order valence-corrected chi connectivity index (χ2v) is 5.27. The zero-order valence-corrected chi connectivity index (χ0v) is 13.3. The van der Waals surface area contributed by atoms with Gasteiger partial charge in [-0.15, -0.1) is 0 Å². The Bertz CT molecular complexity index is 608. The van der Waals surface area contributed by atoms with Crippen LogP contribution in [0.25, 0.3) is 0 Å². The molecule has 0 radical (unpaired) electrons. The first-order valence-corrected chi connectivity index (χ1v) is 7.57. The molecule has 112 valence electrons. The van der Waals surface area contributed by atoms with Crippen LogP contribution in [0.1, 0.15) is 37.0 Å². The molecule has 1 aromatic carbocycles. The second kappa shape index (κ2) is 7.07. The predicted molar refractivity (Wildman–Crippen MR) is 89.4 cm³/mol. The highest BCUT2D eigenvalue weighted by atomic mass is 15.1. The van der Waals surface area contributed by atoms with Crippen molar-refractivity contribution < 1.29 is 0 Å². The van der Waals surface area contributed by atoms with E-state index in [1.165, 1.54) is 11.1 Å². The number of aromatic nitrogens is 2. The number of nitrogens with one attached hydrogen (secondary N) is 2. The van der Waals surface area contributed by atoms with Crippen molar-refractivity contribution in [1.29, 1.82) is 0 Å². The fraction of sp³-hybridized carbons (Fsp3) is 0.412. The number of benzene rings is 1. The van der Waals surface area contributed by atoms with E-state index in [0.29, 0.717) is 0 Å². The van der Waals surface area contributed by atoms with E-state index in [0.717, 1.165) is 42.3 Å². The lowest BCUT2D eigenvalue weighted by Gasteiger charge is -2.15. The van der Waals surface area contributed by atoms with Crippen molar-refractivity contribution in [1.82, 2.24) is 9.97 Å². The summed E-state index contributed by atoms with van der Waals surface area (Å²) in [6.07, 6.45) is 3.58. The summed E-state index contributed by atoms with van der Waals surface area (Å²) in [4.78, 5) is 8.79. The van der Waals surface area contributed by atoms with Gasteiger partial charge in [-0.05, 0) is 43.9 Å². The molecular weight excluding hydrogens is 260 g/mol. The summed E-state index contributed by atoms with van der Waals surface area (Å²) < 4.78 is 0. The summed E-state index contributed by atoms with van der Waals surface area (Å²) in [6, 6.07) is 6.40. The highest BCUT2D eigenvalue weighted by Gasteiger charge is 2.10. The molecule has 0 saturated carbocycles. The van der Waals surface area contributed by atoms with Gasteiger partial charge in [0.2, 0.25) is 0 Å². The molecule has 0 atom stereocenters. The van der Waals surface area contributed by atoms with Crippen molar-refractivity contribution in [3.8, 4) is 0 Å². The number of hydrogen-bond acceptors (Lipinski definition) is 4. The summed E-state index contributed by atoms with van der Waals surface area (Å²) in [5.74, 6) is 1.82. The lowest BCUT2D eigenvalue weighted by atomic mass is 10.1. The third kappa shape index (κ3) is 3.72. The van der Waals surface area contributed by atoms with Gasteiger partial charge in [-0.25, -0.2) is 9.97 Å². The van der Waals surface area contributed by atoms with Crippen LogP contribution in [0.15, 0.2) is 24.5 Å². The van der Waals surface area contributed by atoms with E-state index in [2.05, 4.69) is 66.5 Å². The second-order valence-electron chi connectivity index (χ2n) is 5.27. The molecule has 21 heavy (non-hydrogen) atoms. The van der Waals surface area contributed by atoms with Crippen LogP contribution in [-0.2, 0) is 6.42 Å². The molecule has 2 rings (SSSR count). The van der Waals surface area contributed by atoms with Gasteiger partial charge in [0.05, 0.1) is 0 Å². The monoisotopic (exact) mass is 284 g/mol. The van der Waals surface area contributed by atoms with Crippen molar-refractivity contribution >= 4 is 17.3 Å². The number of hydrogen-bond donors (Lipinski definition) is 2. The van der Waals surface area contributed by atoms with E-state index < -0.39 is 0 Å². The topological polar surface area (TPSA) is 49.8 Å². The minimum absolute atomic E-state index is 0.889. The lowest BCUT2D eigenvalue weighted by Crippen LogP contribution is -2.09. The number of rotatable bonds is 6. The quantitative estimate of drug-likeness (QED) is 0.833. The average Bonchev–Trinajstić information content (AvgIpc) is 2.49. The standard InChI is InChI=1S/C17H24N4/c1-5-9-18-16-14(6-2)17(20-11-19-16)21-15-10-12(3)7-8-13(15)4/h7-8,10-11H,5-6,9H2,1-4H3,(H2,18,19,20,21). The first kappa shape index (κ1) is 15.3. The minimum Gasteiger partial charge on any atom is -0.370 e. The Morgan fingerprint density at radius 3 is 2.52 bits per heavy atom. The Morgan fingerprint density at radius 1 is 1.05 bits per heavy atom. The van der Waals surface area contributed by atoms with Crippen LogP contribution in [0.3, 0.4) is 0 Å². The Labute approximate surface area is 127 Å². The highest BCUT2D eigenvalue weighted by molar-refractivity contribution is 5.67. The normalized spacial score (nSPS) is 10.5. The predicted octanol–water partition coefficient (Wildman–Crippen LogP) is 4.22. The van der Waals surface area contributed by atoms with Crippen LogP contribution < -0.4 is 10.6 Å². The molecule has 0 unspecified atom stereocenters. The fourth-order valence-electron chi connectivity index (χ4n) is 2.25. The first-order chi connectivity index (χ1) is 10.2. The number of nitrogens with zero attached hydrogens (tertiary/aromatic N) is 2. The molecule has 2 N–H and O–H groups in total. The van der Waals surface area contributed by atoms with Gasteiger partial charge in [0.1, 0.15) is 18.0 Å². The van der Waals surface area contributed by atoms with Gasteiger partial charge in [-0.2, -0.15) is 0 Å². The maximum Gasteiger partial charge on any atom is 0.139 e. The molecule has 0 amide bonds. The third-order valence-corrected chi connectivity index (χ3v) is 3.49. The molecule has 0 spiro atoms. The van der Waals surface area contributed by atoms with Gasteiger partial charge >= 0.3 is 0 Å². The molecule has 0 aliphatic rings. The molecule has 1 heterocycles. The van der Waals surface area contributed by atoms with Crippen molar-refractivity contribution in [2.45, 2.75) is 40.5 Å². The Morgan fingerprint density at radius 2 is 1.81 bits per heavy atom. The highest BCUT2D eigenvalue weighted by Crippen LogP contribution is 2.26. The van der Waals surface area contributed by atoms with Gasteiger partial charge < -0.3 is 10.6 Å². The van der Waals surface area contributed by atoms with Gasteiger partial charge in [-0.3, -0.25) is 0 Å². The third-order valence-electron chi connectivity index (χ3n) is 3.49. The van der Waals surface area contributed by atoms with E-state index in [9.17, 15) is 0 Å². The Hall–Kier alpha value is -2.10. The summed E-state index contributed by atoms with van der Waals surface area (Å²) in [7, 11) is 0. The molecule has 0 bridgehead atoms. The fourth-order valence-corrected chi connectivity index (χ4v) is 2.25. The zero-order valence-electron chi connectivity index (χ0n) is 13.3. The van der Waals surface area contributed by atoms with Crippen LogP contribution in [0, 0.1) is 13.8 Å². The molecule has 0 aliphatic heterocycles. The Kier molecular flexibility index (Phi) is 5.14. The van der Waals surface area contributed by atoms with Gasteiger partial charge in [0.15, 0.2) is 0 Å². The van der Waals surface area contributed by atoms with E-state index in [-0.39, 0.29) is 0 Å². The summed E-state index contributed by atoms with van der Waals surface area (Å²) >= 11 is 0. The maximum absolute atomic E-state index is 4.42. The molecule has 4 heteroatoms. The largest absolute Gasteiger partial charge is 0.370 e. The molecule has 0 fully saturated rings. The van der Waals surface area contributed by atoms with Gasteiger partial charge in [0.25, 0.3) is 0 Å². The minimum atomic E-state index is 0.889. The molecule has 2 aromatic rings. The summed E-state index contributed by atoms with van der Waals surface area (Å²) in [6.45, 7) is 9.40. The lowest BCUT2D eigenvalue weighted by molar-refractivity contribution is 0.949. The summed E-state index contributed by atoms with van der Waals surface area (Å²) in [5, 5.41) is 6.83. The zero-order chi connectivity index (χ0) is 15.2. The summed E-state index contributed by atoms with van der Waals surface area (Å²) in [5.41, 5.74) is 4.68. The van der Waals surface area contributed by atoms with E-state index in [4.69, 9.17) is 0 Å².